The maximum absolute atomic E-state index is 5.27. The summed E-state index contributed by atoms with van der Waals surface area (Å²) < 4.78 is 0. The highest BCUT2D eigenvalue weighted by molar-refractivity contribution is 5.93. The molecule has 0 unspecified atom stereocenters. The molecule has 1 rings (SSSR count). The molecule has 0 aliphatic carbocycles. The minimum absolute atomic E-state index is 0.547. The first-order chi connectivity index (χ1) is 7.17. The number of hydrogen-bond donors (Lipinski definition) is 3. The lowest BCUT2D eigenvalue weighted by molar-refractivity contribution is 0.867. The molecule has 0 saturated carbocycles. The van der Waals surface area contributed by atoms with Gasteiger partial charge < -0.3 is 5.32 Å². The van der Waals surface area contributed by atoms with Crippen LogP contribution >= 0.6 is 0 Å². The van der Waals surface area contributed by atoms with Gasteiger partial charge in [-0.2, -0.15) is 0 Å². The lowest BCUT2D eigenvalue weighted by Gasteiger charge is -2.10. The van der Waals surface area contributed by atoms with E-state index in [9.17, 15) is 0 Å². The lowest BCUT2D eigenvalue weighted by Crippen LogP contribution is -2.36. The van der Waals surface area contributed by atoms with Crippen LogP contribution in [0.15, 0.2) is 29.3 Å². The number of nitrogens with two attached hydrogens (primary N) is 1. The van der Waals surface area contributed by atoms with Crippen LogP contribution in [0.4, 0.5) is 5.69 Å². The molecule has 0 spiro atoms. The van der Waals surface area contributed by atoms with Gasteiger partial charge in [-0.15, -0.1) is 0 Å². The molecule has 1 aromatic rings. The summed E-state index contributed by atoms with van der Waals surface area (Å²) in [6.45, 7) is 4.34. The van der Waals surface area contributed by atoms with Crippen LogP contribution in [0.25, 0.3) is 0 Å². The fraction of sp³-hybridized carbons (Fsp3) is 0.364. The molecular formula is C11H18N4. The van der Waals surface area contributed by atoms with Crippen molar-refractivity contribution < 1.29 is 0 Å². The number of guanidine groups is 1. The third-order valence-corrected chi connectivity index (χ3v) is 2.20. The highest BCUT2D eigenvalue weighted by Gasteiger charge is 1.99. The number of nitrogens with zero attached hydrogens (tertiary/aromatic N) is 1. The van der Waals surface area contributed by atoms with Crippen molar-refractivity contribution in [3.63, 3.8) is 0 Å². The number of anilines is 1. The monoisotopic (exact) mass is 206 g/mol. The van der Waals surface area contributed by atoms with E-state index in [1.807, 2.05) is 12.1 Å². The Morgan fingerprint density at radius 3 is 2.27 bits per heavy atom. The molecule has 0 atom stereocenters. The van der Waals surface area contributed by atoms with Gasteiger partial charge in [-0.1, -0.05) is 26.0 Å². The first-order valence-corrected chi connectivity index (χ1v) is 4.97. The largest absolute Gasteiger partial charge is 0.325 e. The molecule has 4 nitrogen and oxygen atoms in total. The van der Waals surface area contributed by atoms with Crippen LogP contribution in [0.3, 0.4) is 0 Å². The van der Waals surface area contributed by atoms with E-state index >= 15 is 0 Å². The van der Waals surface area contributed by atoms with Crippen molar-refractivity contribution in [3.8, 4) is 0 Å². The number of hydrogen-bond acceptors (Lipinski definition) is 2. The molecule has 0 aromatic heterocycles. The Balaban J connectivity index is 2.72. The maximum atomic E-state index is 5.27. The summed E-state index contributed by atoms with van der Waals surface area (Å²) in [5, 5.41) is 3.06. The Morgan fingerprint density at radius 2 is 1.87 bits per heavy atom. The van der Waals surface area contributed by atoms with Crippen molar-refractivity contribution in [1.82, 2.24) is 5.43 Å². The molecule has 0 amide bonds. The Hall–Kier alpha value is -1.55. The second kappa shape index (κ2) is 5.36. The minimum atomic E-state index is 0.547. The van der Waals surface area contributed by atoms with Gasteiger partial charge in [0, 0.05) is 12.7 Å². The molecule has 4 N–H and O–H groups in total. The van der Waals surface area contributed by atoms with E-state index in [0.717, 1.165) is 5.69 Å². The third kappa shape index (κ3) is 3.25. The molecular weight excluding hydrogens is 188 g/mol. The smallest absolute Gasteiger partial charge is 0.209 e. The second-order valence-corrected chi connectivity index (χ2v) is 3.62. The third-order valence-electron chi connectivity index (χ3n) is 2.20. The first-order valence-electron chi connectivity index (χ1n) is 4.97. The summed E-state index contributed by atoms with van der Waals surface area (Å²) >= 11 is 0. The second-order valence-electron chi connectivity index (χ2n) is 3.62. The van der Waals surface area contributed by atoms with E-state index < -0.39 is 0 Å². The Morgan fingerprint density at radius 1 is 1.27 bits per heavy atom. The topological polar surface area (TPSA) is 62.4 Å². The van der Waals surface area contributed by atoms with Crippen molar-refractivity contribution in [1.29, 1.82) is 0 Å². The SMILES string of the molecule is CN=C(NN)Nc1ccc(C(C)C)cc1. The van der Waals surface area contributed by atoms with Crippen LogP contribution < -0.4 is 16.6 Å². The summed E-state index contributed by atoms with van der Waals surface area (Å²) in [5.41, 5.74) is 4.76. The Bertz CT molecular complexity index is 327. The number of nitrogens with one attached hydrogen (secondary N) is 2. The zero-order valence-electron chi connectivity index (χ0n) is 9.41. The molecule has 0 radical (unpaired) electrons. The Kier molecular flexibility index (Phi) is 4.12. The fourth-order valence-electron chi connectivity index (χ4n) is 1.24. The van der Waals surface area contributed by atoms with Crippen molar-refractivity contribution >= 4 is 11.6 Å². The maximum Gasteiger partial charge on any atom is 0.209 e. The van der Waals surface area contributed by atoms with E-state index in [0.29, 0.717) is 11.9 Å². The van der Waals surface area contributed by atoms with Gasteiger partial charge in [-0.3, -0.25) is 10.4 Å². The minimum Gasteiger partial charge on any atom is -0.325 e. The van der Waals surface area contributed by atoms with Crippen LogP contribution in [-0.4, -0.2) is 13.0 Å². The lowest BCUT2D eigenvalue weighted by atomic mass is 10.0. The number of benzene rings is 1. The predicted octanol–water partition coefficient (Wildman–Crippen LogP) is 1.67. The van der Waals surface area contributed by atoms with Crippen molar-refractivity contribution in [2.75, 3.05) is 12.4 Å². The van der Waals surface area contributed by atoms with Crippen LogP contribution in [0, 0.1) is 0 Å². The van der Waals surface area contributed by atoms with Gasteiger partial charge in [0.2, 0.25) is 5.96 Å². The van der Waals surface area contributed by atoms with Gasteiger partial charge in [0.15, 0.2) is 0 Å². The quantitative estimate of drug-likeness (QED) is 0.298. The van der Waals surface area contributed by atoms with E-state index in [1.165, 1.54) is 5.56 Å². The summed E-state index contributed by atoms with van der Waals surface area (Å²) in [7, 11) is 1.67. The molecule has 0 saturated heterocycles. The van der Waals surface area contributed by atoms with Crippen molar-refractivity contribution in [2.45, 2.75) is 19.8 Å². The summed E-state index contributed by atoms with van der Waals surface area (Å²) in [6.07, 6.45) is 0. The van der Waals surface area contributed by atoms with Gasteiger partial charge in [-0.25, -0.2) is 5.84 Å². The van der Waals surface area contributed by atoms with E-state index in [2.05, 4.69) is 41.7 Å². The molecule has 1 aromatic carbocycles. The standard InChI is InChI=1S/C11H18N4/c1-8(2)9-4-6-10(7-5-9)14-11(13-3)15-12/h4-8H,12H2,1-3H3,(H2,13,14,15). The van der Waals surface area contributed by atoms with Crippen molar-refractivity contribution in [3.05, 3.63) is 29.8 Å². The van der Waals surface area contributed by atoms with Crippen molar-refractivity contribution in [2.24, 2.45) is 10.8 Å². The fourth-order valence-corrected chi connectivity index (χ4v) is 1.24. The van der Waals surface area contributed by atoms with Crippen LogP contribution in [0.2, 0.25) is 0 Å². The van der Waals surface area contributed by atoms with Gasteiger partial charge >= 0.3 is 0 Å². The summed E-state index contributed by atoms with van der Waals surface area (Å²) in [6, 6.07) is 8.21. The molecule has 15 heavy (non-hydrogen) atoms. The van der Waals surface area contributed by atoms with Gasteiger partial charge in [0.25, 0.3) is 0 Å². The average molecular weight is 206 g/mol. The molecule has 0 aliphatic heterocycles. The summed E-state index contributed by atoms with van der Waals surface area (Å²) in [4.78, 5) is 3.93. The molecule has 0 bridgehead atoms. The summed E-state index contributed by atoms with van der Waals surface area (Å²) in [5.74, 6) is 6.36. The first kappa shape index (κ1) is 11.5. The zero-order chi connectivity index (χ0) is 11.3. The highest BCUT2D eigenvalue weighted by Crippen LogP contribution is 2.16. The van der Waals surface area contributed by atoms with Gasteiger partial charge in [0.1, 0.15) is 0 Å². The van der Waals surface area contributed by atoms with Crippen LogP contribution in [0.1, 0.15) is 25.3 Å². The molecule has 0 heterocycles. The Labute approximate surface area is 90.6 Å². The van der Waals surface area contributed by atoms with E-state index in [4.69, 9.17) is 5.84 Å². The highest BCUT2D eigenvalue weighted by atomic mass is 15.3. The zero-order valence-corrected chi connectivity index (χ0v) is 9.41. The van der Waals surface area contributed by atoms with Crippen LogP contribution in [0.5, 0.6) is 0 Å². The number of rotatable bonds is 2. The predicted molar refractivity (Wildman–Crippen MR) is 64.8 cm³/mol. The van der Waals surface area contributed by atoms with E-state index in [1.54, 1.807) is 7.05 Å². The van der Waals surface area contributed by atoms with Crippen LogP contribution in [-0.2, 0) is 0 Å². The molecule has 82 valence electrons. The number of aliphatic imine (C=N–C) groups is 1. The molecule has 0 aliphatic rings. The van der Waals surface area contributed by atoms with Gasteiger partial charge in [0.05, 0.1) is 0 Å². The van der Waals surface area contributed by atoms with E-state index in [-0.39, 0.29) is 0 Å². The normalized spacial score (nSPS) is 11.7. The van der Waals surface area contributed by atoms with Gasteiger partial charge in [-0.05, 0) is 23.6 Å². The molecule has 4 heteroatoms. The molecule has 0 fully saturated rings. The average Bonchev–Trinajstić information content (AvgIpc) is 2.26. The number of hydrazine groups is 1.